The molecule has 2 heterocycles. The van der Waals surface area contributed by atoms with Crippen LogP contribution in [0.1, 0.15) is 29.6 Å². The van der Waals surface area contributed by atoms with E-state index in [0.717, 1.165) is 25.9 Å². The summed E-state index contributed by atoms with van der Waals surface area (Å²) in [5, 5.41) is 0. The van der Waals surface area contributed by atoms with Gasteiger partial charge >= 0.3 is 5.97 Å². The van der Waals surface area contributed by atoms with Crippen LogP contribution in [-0.4, -0.2) is 49.4 Å². The fraction of sp³-hybridized carbons (Fsp3) is 0.471. The van der Waals surface area contributed by atoms with E-state index in [1.807, 2.05) is 4.90 Å². The van der Waals surface area contributed by atoms with Crippen LogP contribution >= 0.6 is 0 Å². The second-order valence-electron chi connectivity index (χ2n) is 5.95. The summed E-state index contributed by atoms with van der Waals surface area (Å²) >= 11 is 0. The zero-order valence-corrected chi connectivity index (χ0v) is 13.2. The number of carbonyl (C=O) groups is 3. The minimum atomic E-state index is -0.484. The summed E-state index contributed by atoms with van der Waals surface area (Å²) < 4.78 is 4.78. The highest BCUT2D eigenvalue weighted by Crippen LogP contribution is 2.30. The Labute approximate surface area is 135 Å². The predicted molar refractivity (Wildman–Crippen MR) is 84.1 cm³/mol. The molecule has 1 unspecified atom stereocenters. The number of benzene rings is 1. The number of hydrogen-bond donors (Lipinski definition) is 0. The summed E-state index contributed by atoms with van der Waals surface area (Å²) in [6.07, 6.45) is 2.26. The van der Waals surface area contributed by atoms with E-state index in [4.69, 9.17) is 4.74 Å². The van der Waals surface area contributed by atoms with Gasteiger partial charge in [0.15, 0.2) is 0 Å². The molecule has 2 fully saturated rings. The SMILES string of the molecule is COC(=O)c1ccccc1N1CC(C(=O)N2CCCC2)CC1=O. The van der Waals surface area contributed by atoms with Crippen LogP contribution in [0.3, 0.4) is 0 Å². The maximum Gasteiger partial charge on any atom is 0.339 e. The number of rotatable bonds is 3. The second-order valence-corrected chi connectivity index (χ2v) is 5.95. The molecular formula is C17H20N2O4. The maximum absolute atomic E-state index is 12.5. The summed E-state index contributed by atoms with van der Waals surface area (Å²) in [5.41, 5.74) is 0.860. The van der Waals surface area contributed by atoms with E-state index < -0.39 is 5.97 Å². The minimum absolute atomic E-state index is 0.0499. The quantitative estimate of drug-likeness (QED) is 0.792. The van der Waals surface area contributed by atoms with Gasteiger partial charge in [0.05, 0.1) is 24.3 Å². The Morgan fingerprint density at radius 1 is 1.17 bits per heavy atom. The summed E-state index contributed by atoms with van der Waals surface area (Å²) in [6.45, 7) is 1.88. The number of nitrogens with zero attached hydrogens (tertiary/aromatic N) is 2. The lowest BCUT2D eigenvalue weighted by Gasteiger charge is -2.21. The first kappa shape index (κ1) is 15.5. The molecule has 0 N–H and O–H groups in total. The topological polar surface area (TPSA) is 66.9 Å². The Morgan fingerprint density at radius 3 is 2.57 bits per heavy atom. The van der Waals surface area contributed by atoms with Crippen molar-refractivity contribution in [3.8, 4) is 0 Å². The van der Waals surface area contributed by atoms with Crippen molar-refractivity contribution in [2.75, 3.05) is 31.6 Å². The van der Waals surface area contributed by atoms with Gasteiger partial charge in [0.1, 0.15) is 0 Å². The summed E-state index contributed by atoms with van der Waals surface area (Å²) in [4.78, 5) is 40.1. The van der Waals surface area contributed by atoms with Gasteiger partial charge in [-0.2, -0.15) is 0 Å². The number of ether oxygens (including phenoxy) is 1. The third-order valence-electron chi connectivity index (χ3n) is 4.49. The van der Waals surface area contributed by atoms with Crippen LogP contribution in [0.5, 0.6) is 0 Å². The molecule has 2 aliphatic heterocycles. The van der Waals surface area contributed by atoms with Crippen LogP contribution in [0.2, 0.25) is 0 Å². The van der Waals surface area contributed by atoms with Gasteiger partial charge in [0, 0.05) is 26.1 Å². The number of para-hydroxylation sites is 1. The minimum Gasteiger partial charge on any atom is -0.465 e. The van der Waals surface area contributed by atoms with Crippen molar-refractivity contribution in [1.29, 1.82) is 0 Å². The van der Waals surface area contributed by atoms with Gasteiger partial charge in [0.2, 0.25) is 11.8 Å². The van der Waals surface area contributed by atoms with Gasteiger partial charge in [-0.05, 0) is 25.0 Å². The van der Waals surface area contributed by atoms with Crippen molar-refractivity contribution in [3.63, 3.8) is 0 Å². The highest BCUT2D eigenvalue weighted by molar-refractivity contribution is 6.05. The summed E-state index contributed by atoms with van der Waals surface area (Å²) in [6, 6.07) is 6.84. The Balaban J connectivity index is 1.81. The molecular weight excluding hydrogens is 296 g/mol. The number of amides is 2. The molecule has 0 aliphatic carbocycles. The largest absolute Gasteiger partial charge is 0.465 e. The number of likely N-dealkylation sites (tertiary alicyclic amines) is 1. The third kappa shape index (κ3) is 2.93. The Morgan fingerprint density at radius 2 is 1.87 bits per heavy atom. The molecule has 6 nitrogen and oxygen atoms in total. The lowest BCUT2D eigenvalue weighted by atomic mass is 10.1. The molecule has 2 amide bonds. The van der Waals surface area contributed by atoms with E-state index in [1.165, 1.54) is 12.0 Å². The standard InChI is InChI=1S/C17H20N2O4/c1-23-17(22)13-6-2-3-7-14(13)19-11-12(10-15(19)20)16(21)18-8-4-5-9-18/h2-3,6-7,12H,4-5,8-11H2,1H3. The van der Waals surface area contributed by atoms with Gasteiger partial charge in [0.25, 0.3) is 0 Å². The van der Waals surface area contributed by atoms with E-state index in [2.05, 4.69) is 0 Å². The summed E-state index contributed by atoms with van der Waals surface area (Å²) in [5.74, 6) is -0.887. The van der Waals surface area contributed by atoms with Crippen molar-refractivity contribution < 1.29 is 19.1 Å². The van der Waals surface area contributed by atoms with Gasteiger partial charge in [-0.1, -0.05) is 12.1 Å². The average Bonchev–Trinajstić information content (AvgIpc) is 3.23. The highest BCUT2D eigenvalue weighted by atomic mass is 16.5. The van der Waals surface area contributed by atoms with Crippen LogP contribution in [0.4, 0.5) is 5.69 Å². The Hall–Kier alpha value is -2.37. The van der Waals surface area contributed by atoms with E-state index in [0.29, 0.717) is 17.8 Å². The molecule has 0 saturated carbocycles. The molecule has 0 radical (unpaired) electrons. The third-order valence-corrected chi connectivity index (χ3v) is 4.49. The van der Waals surface area contributed by atoms with Gasteiger partial charge in [-0.3, -0.25) is 9.59 Å². The van der Waals surface area contributed by atoms with Gasteiger partial charge < -0.3 is 14.5 Å². The predicted octanol–water partition coefficient (Wildman–Crippen LogP) is 1.45. The normalized spacial score (nSPS) is 20.9. The molecule has 1 aromatic carbocycles. The molecule has 23 heavy (non-hydrogen) atoms. The average molecular weight is 316 g/mol. The molecule has 3 rings (SSSR count). The van der Waals surface area contributed by atoms with Gasteiger partial charge in [-0.15, -0.1) is 0 Å². The fourth-order valence-corrected chi connectivity index (χ4v) is 3.29. The summed E-state index contributed by atoms with van der Waals surface area (Å²) in [7, 11) is 1.31. The van der Waals surface area contributed by atoms with E-state index in [-0.39, 0.29) is 24.2 Å². The van der Waals surface area contributed by atoms with E-state index in [1.54, 1.807) is 24.3 Å². The van der Waals surface area contributed by atoms with Crippen LogP contribution < -0.4 is 4.90 Å². The first-order valence-corrected chi connectivity index (χ1v) is 7.88. The zero-order chi connectivity index (χ0) is 16.4. The molecule has 0 aromatic heterocycles. The second kappa shape index (κ2) is 6.40. The van der Waals surface area contributed by atoms with Crippen LogP contribution in [0, 0.1) is 5.92 Å². The molecule has 1 atom stereocenters. The number of hydrogen-bond acceptors (Lipinski definition) is 4. The molecule has 122 valence electrons. The smallest absolute Gasteiger partial charge is 0.339 e. The van der Waals surface area contributed by atoms with Crippen LogP contribution in [0.25, 0.3) is 0 Å². The van der Waals surface area contributed by atoms with Crippen molar-refractivity contribution in [1.82, 2.24) is 4.90 Å². The molecule has 1 aromatic rings. The van der Waals surface area contributed by atoms with E-state index in [9.17, 15) is 14.4 Å². The first-order valence-electron chi connectivity index (χ1n) is 7.88. The highest BCUT2D eigenvalue weighted by Gasteiger charge is 2.38. The Bertz CT molecular complexity index is 637. The molecule has 2 saturated heterocycles. The van der Waals surface area contributed by atoms with Crippen molar-refractivity contribution in [3.05, 3.63) is 29.8 Å². The monoisotopic (exact) mass is 316 g/mol. The van der Waals surface area contributed by atoms with E-state index >= 15 is 0 Å². The molecule has 2 aliphatic rings. The molecule has 0 bridgehead atoms. The first-order chi connectivity index (χ1) is 11.1. The van der Waals surface area contributed by atoms with Crippen molar-refractivity contribution in [2.24, 2.45) is 5.92 Å². The van der Waals surface area contributed by atoms with Gasteiger partial charge in [-0.25, -0.2) is 4.79 Å². The number of esters is 1. The van der Waals surface area contributed by atoms with Crippen LogP contribution in [-0.2, 0) is 14.3 Å². The van der Waals surface area contributed by atoms with Crippen molar-refractivity contribution in [2.45, 2.75) is 19.3 Å². The lowest BCUT2D eigenvalue weighted by Crippen LogP contribution is -2.35. The molecule has 6 heteroatoms. The molecule has 0 spiro atoms. The number of anilines is 1. The van der Waals surface area contributed by atoms with Crippen LogP contribution in [0.15, 0.2) is 24.3 Å². The number of carbonyl (C=O) groups excluding carboxylic acids is 3. The Kier molecular flexibility index (Phi) is 4.32. The van der Waals surface area contributed by atoms with Crippen molar-refractivity contribution >= 4 is 23.5 Å². The maximum atomic E-state index is 12.5. The fourth-order valence-electron chi connectivity index (χ4n) is 3.29. The zero-order valence-electron chi connectivity index (χ0n) is 13.2. The number of methoxy groups -OCH3 is 1. The lowest BCUT2D eigenvalue weighted by molar-refractivity contribution is -0.134.